The molecule has 2 N–H and O–H groups in total. The molecule has 0 unspecified atom stereocenters. The predicted molar refractivity (Wildman–Crippen MR) is 169 cm³/mol. The number of hydrogen-bond donors (Lipinski definition) is 2. The van der Waals surface area contributed by atoms with Crippen LogP contribution in [-0.4, -0.2) is 53.4 Å². The SMILES string of the molecule is Cc1cccc(C)c1NC(=O)c1cnc(Nc2ccc(OCCCN3CCCCC3)c(F)c2)nc1Oc1ccc(OC(F)(F)F)cc1. The number of carbonyl (C=O) groups excluding carboxylic acids is 1. The largest absolute Gasteiger partial charge is 0.573 e. The minimum atomic E-state index is -4.86. The smallest absolute Gasteiger partial charge is 0.490 e. The third kappa shape index (κ3) is 9.55. The molecule has 1 aliphatic rings. The highest BCUT2D eigenvalue weighted by Gasteiger charge is 2.31. The highest BCUT2D eigenvalue weighted by atomic mass is 19.4. The molecule has 0 atom stereocenters. The van der Waals surface area contributed by atoms with E-state index in [0.717, 1.165) is 49.3 Å². The van der Waals surface area contributed by atoms with Gasteiger partial charge in [-0.15, -0.1) is 13.2 Å². The summed E-state index contributed by atoms with van der Waals surface area (Å²) in [5, 5.41) is 5.74. The Labute approximate surface area is 269 Å². The lowest BCUT2D eigenvalue weighted by molar-refractivity contribution is -0.274. The molecule has 1 aliphatic heterocycles. The number of hydrogen-bond acceptors (Lipinski definition) is 8. The maximum atomic E-state index is 14.9. The summed E-state index contributed by atoms with van der Waals surface area (Å²) in [4.78, 5) is 24.3. The van der Waals surface area contributed by atoms with Crippen molar-refractivity contribution in [1.82, 2.24) is 14.9 Å². The molecule has 1 fully saturated rings. The quantitative estimate of drug-likeness (QED) is 0.117. The number of ether oxygens (including phenoxy) is 3. The first-order valence-electron chi connectivity index (χ1n) is 15.2. The van der Waals surface area contributed by atoms with Gasteiger partial charge in [-0.05, 0) is 93.7 Å². The van der Waals surface area contributed by atoms with E-state index in [1.807, 2.05) is 32.0 Å². The molecule has 248 valence electrons. The Bertz CT molecular complexity index is 1660. The van der Waals surface area contributed by atoms with Crippen molar-refractivity contribution in [3.63, 3.8) is 0 Å². The van der Waals surface area contributed by atoms with Crippen molar-refractivity contribution in [1.29, 1.82) is 0 Å². The first kappa shape index (κ1) is 33.5. The van der Waals surface area contributed by atoms with Gasteiger partial charge in [0.15, 0.2) is 11.6 Å². The topological polar surface area (TPSA) is 97.8 Å². The Balaban J connectivity index is 1.31. The zero-order valence-electron chi connectivity index (χ0n) is 26.0. The minimum Gasteiger partial charge on any atom is -0.490 e. The van der Waals surface area contributed by atoms with Gasteiger partial charge in [-0.1, -0.05) is 24.6 Å². The number of amides is 1. The van der Waals surface area contributed by atoms with Crippen LogP contribution in [0.4, 0.5) is 34.9 Å². The number of nitrogens with zero attached hydrogens (tertiary/aromatic N) is 3. The minimum absolute atomic E-state index is 0.0183. The van der Waals surface area contributed by atoms with E-state index in [4.69, 9.17) is 9.47 Å². The van der Waals surface area contributed by atoms with Crippen molar-refractivity contribution in [2.24, 2.45) is 0 Å². The van der Waals surface area contributed by atoms with Gasteiger partial charge in [0.25, 0.3) is 5.91 Å². The van der Waals surface area contributed by atoms with Crippen LogP contribution in [0.5, 0.6) is 23.1 Å². The molecule has 0 bridgehead atoms. The number of likely N-dealkylation sites (tertiary alicyclic amines) is 1. The van der Waals surface area contributed by atoms with Crippen LogP contribution in [0.3, 0.4) is 0 Å². The van der Waals surface area contributed by atoms with Crippen LogP contribution in [0, 0.1) is 19.7 Å². The Morgan fingerprint density at radius 1 is 0.957 bits per heavy atom. The second-order valence-corrected chi connectivity index (χ2v) is 11.1. The molecule has 2 heterocycles. The zero-order valence-corrected chi connectivity index (χ0v) is 26.0. The van der Waals surface area contributed by atoms with Crippen LogP contribution in [0.2, 0.25) is 0 Å². The highest BCUT2D eigenvalue weighted by molar-refractivity contribution is 6.06. The van der Waals surface area contributed by atoms with Gasteiger partial charge in [-0.2, -0.15) is 4.98 Å². The Morgan fingerprint density at radius 2 is 1.66 bits per heavy atom. The van der Waals surface area contributed by atoms with Gasteiger partial charge in [0, 0.05) is 30.2 Å². The van der Waals surface area contributed by atoms with E-state index in [1.165, 1.54) is 49.7 Å². The Hall–Kier alpha value is -4.91. The third-order valence-corrected chi connectivity index (χ3v) is 7.50. The molecular weight excluding hydrogens is 618 g/mol. The van der Waals surface area contributed by atoms with E-state index in [9.17, 15) is 22.4 Å². The van der Waals surface area contributed by atoms with E-state index in [0.29, 0.717) is 18.0 Å². The molecular formula is C34H35F4N5O4. The first-order chi connectivity index (χ1) is 22.5. The van der Waals surface area contributed by atoms with E-state index >= 15 is 0 Å². The summed E-state index contributed by atoms with van der Waals surface area (Å²) in [5.74, 6) is -1.60. The molecule has 0 aliphatic carbocycles. The number of benzene rings is 3. The normalized spacial score (nSPS) is 13.6. The number of carbonyl (C=O) groups is 1. The lowest BCUT2D eigenvalue weighted by Crippen LogP contribution is -2.31. The lowest BCUT2D eigenvalue weighted by Gasteiger charge is -2.26. The number of halogens is 4. The van der Waals surface area contributed by atoms with E-state index in [2.05, 4.69) is 30.2 Å². The molecule has 0 saturated carbocycles. The average Bonchev–Trinajstić information content (AvgIpc) is 3.03. The zero-order chi connectivity index (χ0) is 33.4. The van der Waals surface area contributed by atoms with Crippen molar-refractivity contribution in [2.45, 2.75) is 45.9 Å². The summed E-state index contributed by atoms with van der Waals surface area (Å²) in [6.45, 7) is 7.17. The number of para-hydroxylation sites is 1. The van der Waals surface area contributed by atoms with Gasteiger partial charge in [0.1, 0.15) is 17.1 Å². The van der Waals surface area contributed by atoms with Gasteiger partial charge in [-0.25, -0.2) is 9.37 Å². The number of alkyl halides is 3. The molecule has 47 heavy (non-hydrogen) atoms. The summed E-state index contributed by atoms with van der Waals surface area (Å²) >= 11 is 0. The van der Waals surface area contributed by atoms with Gasteiger partial charge in [-0.3, -0.25) is 4.79 Å². The molecule has 5 rings (SSSR count). The van der Waals surface area contributed by atoms with Crippen molar-refractivity contribution >= 4 is 23.2 Å². The van der Waals surface area contributed by atoms with Crippen LogP contribution in [0.15, 0.2) is 66.9 Å². The van der Waals surface area contributed by atoms with Crippen LogP contribution in [-0.2, 0) is 0 Å². The van der Waals surface area contributed by atoms with Crippen molar-refractivity contribution in [2.75, 3.05) is 36.9 Å². The molecule has 1 amide bonds. The third-order valence-electron chi connectivity index (χ3n) is 7.50. The van der Waals surface area contributed by atoms with Gasteiger partial charge < -0.3 is 29.7 Å². The second-order valence-electron chi connectivity index (χ2n) is 11.1. The lowest BCUT2D eigenvalue weighted by atomic mass is 10.1. The van der Waals surface area contributed by atoms with Crippen molar-refractivity contribution < 1.29 is 36.6 Å². The van der Waals surface area contributed by atoms with Gasteiger partial charge >= 0.3 is 6.36 Å². The van der Waals surface area contributed by atoms with Crippen molar-refractivity contribution in [3.8, 4) is 23.1 Å². The maximum absolute atomic E-state index is 14.9. The number of aryl methyl sites for hydroxylation is 2. The molecule has 0 spiro atoms. The number of rotatable bonds is 12. The maximum Gasteiger partial charge on any atom is 0.573 e. The molecule has 13 heteroatoms. The van der Waals surface area contributed by atoms with Crippen LogP contribution in [0.1, 0.15) is 47.2 Å². The van der Waals surface area contributed by atoms with Crippen LogP contribution in [0.25, 0.3) is 0 Å². The van der Waals surface area contributed by atoms with E-state index in [1.54, 1.807) is 6.07 Å². The fraction of sp³-hybridized carbons (Fsp3) is 0.324. The van der Waals surface area contributed by atoms with Gasteiger partial charge in [0.2, 0.25) is 11.8 Å². The molecule has 4 aromatic rings. The summed E-state index contributed by atoms with van der Waals surface area (Å²) in [6, 6.07) is 14.5. The molecule has 0 radical (unpaired) electrons. The van der Waals surface area contributed by atoms with Crippen molar-refractivity contribution in [3.05, 3.63) is 89.4 Å². The summed E-state index contributed by atoms with van der Waals surface area (Å²) < 4.78 is 68.2. The number of nitrogens with one attached hydrogen (secondary N) is 2. The summed E-state index contributed by atoms with van der Waals surface area (Å²) in [7, 11) is 0. The second kappa shape index (κ2) is 15.1. The summed E-state index contributed by atoms with van der Waals surface area (Å²) in [6.07, 6.45) is 0.854. The van der Waals surface area contributed by atoms with Crippen LogP contribution < -0.4 is 24.8 Å². The number of anilines is 3. The Morgan fingerprint density at radius 3 is 2.34 bits per heavy atom. The average molecular weight is 654 g/mol. The fourth-order valence-electron chi connectivity index (χ4n) is 5.15. The Kier molecular flexibility index (Phi) is 10.8. The standard InChI is InChI=1S/C34H35F4N5O4/c1-22-8-6-9-23(2)30(22)41-31(44)27-21-39-33(42-32(27)46-25-11-13-26(14-12-25)47-34(36,37)38)40-24-10-15-29(28(35)20-24)45-19-7-18-43-16-4-3-5-17-43/h6,8-15,20-21H,3-5,7,16-19H2,1-2H3,(H,41,44)(H,39,40,42). The van der Waals surface area contributed by atoms with E-state index in [-0.39, 0.29) is 28.9 Å². The van der Waals surface area contributed by atoms with E-state index < -0.39 is 23.8 Å². The number of aromatic nitrogens is 2. The predicted octanol–water partition coefficient (Wildman–Crippen LogP) is 8.17. The summed E-state index contributed by atoms with van der Waals surface area (Å²) in [5.41, 5.74) is 2.53. The molecule has 1 saturated heterocycles. The molecule has 3 aromatic carbocycles. The monoisotopic (exact) mass is 653 g/mol. The fourth-order valence-corrected chi connectivity index (χ4v) is 5.15. The van der Waals surface area contributed by atoms with Gasteiger partial charge in [0.05, 0.1) is 6.61 Å². The van der Waals surface area contributed by atoms with Crippen LogP contribution >= 0.6 is 0 Å². The highest BCUT2D eigenvalue weighted by Crippen LogP contribution is 2.31. The molecule has 1 aromatic heterocycles. The first-order valence-corrected chi connectivity index (χ1v) is 15.2. The number of piperidine rings is 1. The molecule has 9 nitrogen and oxygen atoms in total.